The molecule has 0 bridgehead atoms. The minimum Gasteiger partial charge on any atom is -0.378 e. The summed E-state index contributed by atoms with van der Waals surface area (Å²) in [6, 6.07) is 0.411. The van der Waals surface area contributed by atoms with Crippen LogP contribution in [-0.2, 0) is 4.74 Å². The summed E-state index contributed by atoms with van der Waals surface area (Å²) in [6.45, 7) is 4.77. The summed E-state index contributed by atoms with van der Waals surface area (Å²) in [5, 5.41) is 0. The molecule has 0 aromatic rings. The van der Waals surface area contributed by atoms with Crippen molar-refractivity contribution in [2.75, 3.05) is 6.61 Å². The monoisotopic (exact) mass is 224 g/mol. The summed E-state index contributed by atoms with van der Waals surface area (Å²) < 4.78 is 5.55. The van der Waals surface area contributed by atoms with Crippen LogP contribution in [0.15, 0.2) is 0 Å². The molecule has 0 aliphatic heterocycles. The molecular weight excluding hydrogens is 200 g/mol. The molecule has 0 saturated heterocycles. The lowest BCUT2D eigenvalue weighted by molar-refractivity contribution is -0.0292. The first kappa shape index (κ1) is 13.5. The molecule has 0 spiro atoms. The second-order valence-electron chi connectivity index (χ2n) is 4.48. The van der Waals surface area contributed by atoms with Crippen LogP contribution in [-0.4, -0.2) is 18.8 Å². The highest BCUT2D eigenvalue weighted by molar-refractivity contribution is 4.96. The Hall–Kier alpha value is -0.560. The van der Waals surface area contributed by atoms with Crippen LogP contribution in [0.5, 0.6) is 0 Å². The Morgan fingerprint density at radius 1 is 1.50 bits per heavy atom. The Labute approximate surface area is 99.1 Å². The first-order valence-corrected chi connectivity index (χ1v) is 6.27. The third kappa shape index (κ3) is 4.52. The number of hydrogen-bond donors (Lipinski definition) is 2. The summed E-state index contributed by atoms with van der Waals surface area (Å²) in [4.78, 5) is 0. The molecule has 0 heterocycles. The van der Waals surface area contributed by atoms with E-state index in [0.717, 1.165) is 31.8 Å². The van der Waals surface area contributed by atoms with E-state index in [2.05, 4.69) is 24.2 Å². The highest BCUT2D eigenvalue weighted by atomic mass is 16.5. The van der Waals surface area contributed by atoms with Gasteiger partial charge in [0.25, 0.3) is 0 Å². The highest BCUT2D eigenvalue weighted by Crippen LogP contribution is 2.33. The molecule has 3 heteroatoms. The van der Waals surface area contributed by atoms with Gasteiger partial charge in [0.2, 0.25) is 0 Å². The maximum atomic E-state index is 5.55. The van der Waals surface area contributed by atoms with Crippen molar-refractivity contribution in [2.45, 2.75) is 58.1 Å². The molecule has 1 saturated carbocycles. The van der Waals surface area contributed by atoms with Gasteiger partial charge in [0, 0.05) is 19.1 Å². The summed E-state index contributed by atoms with van der Waals surface area (Å²) in [6.07, 6.45) is 6.05. The minimum atomic E-state index is 0.411. The van der Waals surface area contributed by atoms with Crippen molar-refractivity contribution >= 4 is 0 Å². The molecule has 1 aliphatic carbocycles. The van der Waals surface area contributed by atoms with Crippen LogP contribution < -0.4 is 11.3 Å². The summed E-state index contributed by atoms with van der Waals surface area (Å²) in [7, 11) is 0. The van der Waals surface area contributed by atoms with E-state index in [0.29, 0.717) is 12.1 Å². The zero-order valence-corrected chi connectivity index (χ0v) is 10.5. The van der Waals surface area contributed by atoms with Gasteiger partial charge >= 0.3 is 0 Å². The molecule has 0 amide bonds. The van der Waals surface area contributed by atoms with Crippen molar-refractivity contribution in [3.05, 3.63) is 0 Å². The summed E-state index contributed by atoms with van der Waals surface area (Å²) in [5.74, 6) is 12.3. The van der Waals surface area contributed by atoms with Crippen LogP contribution in [0.2, 0.25) is 0 Å². The molecule has 0 radical (unpaired) electrons. The van der Waals surface area contributed by atoms with Crippen LogP contribution >= 0.6 is 0 Å². The second-order valence-corrected chi connectivity index (χ2v) is 4.48. The molecule has 0 aromatic heterocycles. The first-order chi connectivity index (χ1) is 7.80. The van der Waals surface area contributed by atoms with Gasteiger partial charge in [0.05, 0.1) is 6.10 Å². The fourth-order valence-electron chi connectivity index (χ4n) is 2.28. The van der Waals surface area contributed by atoms with Gasteiger partial charge in [-0.1, -0.05) is 0 Å². The molecule has 3 nitrogen and oxygen atoms in total. The quantitative estimate of drug-likeness (QED) is 0.394. The fourth-order valence-corrected chi connectivity index (χ4v) is 2.28. The molecule has 16 heavy (non-hydrogen) atoms. The highest BCUT2D eigenvalue weighted by Gasteiger charge is 2.30. The van der Waals surface area contributed by atoms with E-state index in [1.165, 1.54) is 12.8 Å². The zero-order chi connectivity index (χ0) is 11.8. The number of rotatable bonds is 7. The van der Waals surface area contributed by atoms with Gasteiger partial charge in [0.1, 0.15) is 0 Å². The normalized spacial score (nSPS) is 25.4. The van der Waals surface area contributed by atoms with Crippen LogP contribution in [0.4, 0.5) is 0 Å². The third-order valence-electron chi connectivity index (χ3n) is 3.24. The van der Waals surface area contributed by atoms with Crippen molar-refractivity contribution in [3.63, 3.8) is 0 Å². The molecule has 1 fully saturated rings. The SMILES string of the molecule is CC#CCCC(CC1CC(OCC)C1)NN. The van der Waals surface area contributed by atoms with E-state index in [-0.39, 0.29) is 0 Å². The Bertz CT molecular complexity index is 238. The summed E-state index contributed by atoms with van der Waals surface area (Å²) >= 11 is 0. The first-order valence-electron chi connectivity index (χ1n) is 6.27. The molecule has 92 valence electrons. The lowest BCUT2D eigenvalue weighted by atomic mass is 9.77. The number of hydrazine groups is 1. The van der Waals surface area contributed by atoms with Crippen molar-refractivity contribution in [1.82, 2.24) is 5.43 Å². The molecular formula is C13H24N2O. The van der Waals surface area contributed by atoms with Crippen molar-refractivity contribution in [2.24, 2.45) is 11.8 Å². The van der Waals surface area contributed by atoms with E-state index in [9.17, 15) is 0 Å². The Balaban J connectivity index is 2.12. The topological polar surface area (TPSA) is 47.3 Å². The predicted molar refractivity (Wildman–Crippen MR) is 66.6 cm³/mol. The van der Waals surface area contributed by atoms with Crippen LogP contribution in [0.1, 0.15) is 46.0 Å². The Morgan fingerprint density at radius 2 is 2.25 bits per heavy atom. The van der Waals surface area contributed by atoms with Crippen LogP contribution in [0, 0.1) is 17.8 Å². The van der Waals surface area contributed by atoms with Crippen molar-refractivity contribution in [3.8, 4) is 11.8 Å². The smallest absolute Gasteiger partial charge is 0.0580 e. The zero-order valence-electron chi connectivity index (χ0n) is 10.5. The van der Waals surface area contributed by atoms with E-state index in [1.54, 1.807) is 0 Å². The van der Waals surface area contributed by atoms with Gasteiger partial charge in [-0.15, -0.1) is 11.8 Å². The average Bonchev–Trinajstić information content (AvgIpc) is 2.24. The average molecular weight is 224 g/mol. The van der Waals surface area contributed by atoms with E-state index < -0.39 is 0 Å². The van der Waals surface area contributed by atoms with Gasteiger partial charge in [0.15, 0.2) is 0 Å². The largest absolute Gasteiger partial charge is 0.378 e. The number of nitrogens with one attached hydrogen (secondary N) is 1. The molecule has 1 aliphatic rings. The molecule has 0 aromatic carbocycles. The lowest BCUT2D eigenvalue weighted by Crippen LogP contribution is -2.40. The lowest BCUT2D eigenvalue weighted by Gasteiger charge is -2.36. The predicted octanol–water partition coefficient (Wildman–Crippen LogP) is 1.83. The van der Waals surface area contributed by atoms with Gasteiger partial charge in [-0.2, -0.15) is 0 Å². The van der Waals surface area contributed by atoms with Gasteiger partial charge in [-0.25, -0.2) is 0 Å². The van der Waals surface area contributed by atoms with Crippen LogP contribution in [0.3, 0.4) is 0 Å². The molecule has 1 unspecified atom stereocenters. The number of hydrogen-bond acceptors (Lipinski definition) is 3. The Kier molecular flexibility index (Phi) is 6.47. The van der Waals surface area contributed by atoms with Crippen molar-refractivity contribution < 1.29 is 4.74 Å². The molecule has 1 rings (SSSR count). The van der Waals surface area contributed by atoms with Gasteiger partial charge in [-0.05, 0) is 45.4 Å². The van der Waals surface area contributed by atoms with Gasteiger partial charge < -0.3 is 4.74 Å². The Morgan fingerprint density at radius 3 is 2.81 bits per heavy atom. The molecule has 1 atom stereocenters. The summed E-state index contributed by atoms with van der Waals surface area (Å²) in [5.41, 5.74) is 2.90. The van der Waals surface area contributed by atoms with Crippen molar-refractivity contribution in [1.29, 1.82) is 0 Å². The maximum absolute atomic E-state index is 5.55. The minimum absolute atomic E-state index is 0.411. The van der Waals surface area contributed by atoms with E-state index >= 15 is 0 Å². The third-order valence-corrected chi connectivity index (χ3v) is 3.24. The molecule has 3 N–H and O–H groups in total. The standard InChI is InChI=1S/C13H24N2O/c1-3-5-6-7-12(15-14)8-11-9-13(10-11)16-4-2/h11-13,15H,4,6-10,14H2,1-2H3. The van der Waals surface area contributed by atoms with Crippen LogP contribution in [0.25, 0.3) is 0 Å². The van der Waals surface area contributed by atoms with Gasteiger partial charge in [-0.3, -0.25) is 11.3 Å². The number of nitrogens with two attached hydrogens (primary N) is 1. The van der Waals surface area contributed by atoms with E-state index in [1.807, 2.05) is 6.92 Å². The maximum Gasteiger partial charge on any atom is 0.0580 e. The number of ether oxygens (including phenoxy) is 1. The fraction of sp³-hybridized carbons (Fsp3) is 0.846. The van der Waals surface area contributed by atoms with E-state index in [4.69, 9.17) is 10.6 Å². The second kappa shape index (κ2) is 7.67.